The number of nitro groups is 1. The lowest BCUT2D eigenvalue weighted by Gasteiger charge is -2.10. The van der Waals surface area contributed by atoms with E-state index in [-0.39, 0.29) is 17.1 Å². The Kier molecular flexibility index (Phi) is 5.30. The average Bonchev–Trinajstić information content (AvgIpc) is 2.96. The van der Waals surface area contributed by atoms with Crippen molar-refractivity contribution in [2.24, 2.45) is 5.10 Å². The molecule has 7 nitrogen and oxygen atoms in total. The largest absolute Gasteiger partial charge is 0.315 e. The third-order valence-electron chi connectivity index (χ3n) is 4.27. The molecule has 0 saturated heterocycles. The number of aromatic nitrogens is 1. The molecule has 1 heterocycles. The van der Waals surface area contributed by atoms with Gasteiger partial charge in [0.2, 0.25) is 0 Å². The number of nitrogens with zero attached hydrogens (tertiary/aromatic N) is 3. The molecule has 1 amide bonds. The van der Waals surface area contributed by atoms with Crippen LogP contribution in [0.25, 0.3) is 5.69 Å². The molecule has 2 aromatic carbocycles. The Morgan fingerprint density at radius 2 is 1.86 bits per heavy atom. The second kappa shape index (κ2) is 7.83. The van der Waals surface area contributed by atoms with E-state index in [1.807, 2.05) is 19.9 Å². The molecule has 0 aliphatic heterocycles. The molecule has 0 radical (unpaired) electrons. The Balaban J connectivity index is 1.76. The van der Waals surface area contributed by atoms with Gasteiger partial charge >= 0.3 is 0 Å². The molecule has 0 bridgehead atoms. The first-order valence-electron chi connectivity index (χ1n) is 8.40. The minimum Gasteiger partial charge on any atom is -0.315 e. The number of benzene rings is 2. The molecular formula is C20H17FN4O3. The van der Waals surface area contributed by atoms with Gasteiger partial charge in [-0.1, -0.05) is 12.1 Å². The summed E-state index contributed by atoms with van der Waals surface area (Å²) in [5.41, 5.74) is 5.30. The molecule has 0 saturated carbocycles. The van der Waals surface area contributed by atoms with Crippen molar-refractivity contribution >= 4 is 17.8 Å². The van der Waals surface area contributed by atoms with E-state index < -0.39 is 10.8 Å². The van der Waals surface area contributed by atoms with Crippen molar-refractivity contribution in [2.75, 3.05) is 0 Å². The summed E-state index contributed by atoms with van der Waals surface area (Å²) in [4.78, 5) is 22.2. The Morgan fingerprint density at radius 1 is 1.18 bits per heavy atom. The number of non-ortho nitro benzene ring substituents is 1. The van der Waals surface area contributed by atoms with Gasteiger partial charge in [-0.05, 0) is 44.2 Å². The third-order valence-corrected chi connectivity index (χ3v) is 4.27. The monoisotopic (exact) mass is 380 g/mol. The van der Waals surface area contributed by atoms with E-state index in [0.29, 0.717) is 5.69 Å². The van der Waals surface area contributed by atoms with Crippen LogP contribution in [0.15, 0.2) is 59.7 Å². The molecule has 28 heavy (non-hydrogen) atoms. The minimum absolute atomic E-state index is 0.0966. The first-order valence-corrected chi connectivity index (χ1v) is 8.40. The van der Waals surface area contributed by atoms with Gasteiger partial charge < -0.3 is 4.57 Å². The fourth-order valence-corrected chi connectivity index (χ4v) is 2.88. The molecule has 1 aromatic heterocycles. The molecule has 0 fully saturated rings. The van der Waals surface area contributed by atoms with Crippen molar-refractivity contribution in [3.63, 3.8) is 0 Å². The van der Waals surface area contributed by atoms with Gasteiger partial charge in [-0.2, -0.15) is 5.10 Å². The maximum atomic E-state index is 14.1. The van der Waals surface area contributed by atoms with Gasteiger partial charge in [-0.3, -0.25) is 14.9 Å². The predicted octanol–water partition coefficient (Wildman–Crippen LogP) is 3.91. The fourth-order valence-electron chi connectivity index (χ4n) is 2.88. The summed E-state index contributed by atoms with van der Waals surface area (Å²) in [6, 6.07) is 13.5. The van der Waals surface area contributed by atoms with Gasteiger partial charge in [0.1, 0.15) is 5.82 Å². The van der Waals surface area contributed by atoms with Crippen LogP contribution in [0, 0.1) is 29.8 Å². The van der Waals surface area contributed by atoms with Crippen molar-refractivity contribution in [2.45, 2.75) is 13.8 Å². The molecule has 0 atom stereocenters. The summed E-state index contributed by atoms with van der Waals surface area (Å²) in [6.07, 6.45) is 1.48. The van der Waals surface area contributed by atoms with E-state index in [1.54, 1.807) is 22.8 Å². The highest BCUT2D eigenvalue weighted by molar-refractivity contribution is 5.95. The summed E-state index contributed by atoms with van der Waals surface area (Å²) in [5.74, 6) is -0.826. The number of hydrogen-bond acceptors (Lipinski definition) is 4. The lowest BCUT2D eigenvalue weighted by atomic mass is 10.2. The van der Waals surface area contributed by atoms with Crippen molar-refractivity contribution in [3.8, 4) is 5.69 Å². The fraction of sp³-hybridized carbons (Fsp3) is 0.100. The number of nitrogens with one attached hydrogen (secondary N) is 1. The highest BCUT2D eigenvalue weighted by Crippen LogP contribution is 2.21. The molecule has 1 N–H and O–H groups in total. The van der Waals surface area contributed by atoms with Gasteiger partial charge in [0, 0.05) is 34.6 Å². The van der Waals surface area contributed by atoms with Crippen LogP contribution in [0.1, 0.15) is 27.3 Å². The zero-order valence-electron chi connectivity index (χ0n) is 15.2. The summed E-state index contributed by atoms with van der Waals surface area (Å²) in [5, 5.41) is 14.6. The smallest absolute Gasteiger partial charge is 0.271 e. The van der Waals surface area contributed by atoms with Gasteiger partial charge in [-0.15, -0.1) is 0 Å². The topological polar surface area (TPSA) is 89.5 Å². The number of hydrogen-bond donors (Lipinski definition) is 1. The zero-order valence-corrected chi connectivity index (χ0v) is 15.2. The number of rotatable bonds is 5. The summed E-state index contributed by atoms with van der Waals surface area (Å²) >= 11 is 0. The average molecular weight is 380 g/mol. The van der Waals surface area contributed by atoms with E-state index in [2.05, 4.69) is 10.5 Å². The number of carbonyl (C=O) groups excluding carboxylic acids is 1. The Morgan fingerprint density at radius 3 is 2.50 bits per heavy atom. The van der Waals surface area contributed by atoms with Crippen LogP contribution >= 0.6 is 0 Å². The second-order valence-corrected chi connectivity index (χ2v) is 6.12. The normalized spacial score (nSPS) is 11.0. The SMILES string of the molecule is Cc1cc(/C=N\NC(=O)c2ccc([N+](=O)[O-])cc2)c(C)n1-c1ccccc1F. The highest BCUT2D eigenvalue weighted by Gasteiger charge is 2.13. The van der Waals surface area contributed by atoms with Gasteiger partial charge in [0.05, 0.1) is 16.8 Å². The first-order chi connectivity index (χ1) is 13.4. The molecular weight excluding hydrogens is 363 g/mol. The summed E-state index contributed by atoms with van der Waals surface area (Å²) in [6.45, 7) is 3.69. The molecule has 0 aliphatic rings. The van der Waals surface area contributed by atoms with Gasteiger partial charge in [-0.25, -0.2) is 9.82 Å². The van der Waals surface area contributed by atoms with E-state index in [1.165, 1.54) is 36.5 Å². The lowest BCUT2D eigenvalue weighted by molar-refractivity contribution is -0.384. The van der Waals surface area contributed by atoms with E-state index in [0.717, 1.165) is 17.0 Å². The number of aryl methyl sites for hydroxylation is 1. The maximum Gasteiger partial charge on any atom is 0.271 e. The maximum absolute atomic E-state index is 14.1. The van der Waals surface area contributed by atoms with Crippen molar-refractivity contribution in [3.05, 3.63) is 93.0 Å². The van der Waals surface area contributed by atoms with Crippen LogP contribution in [0.5, 0.6) is 0 Å². The van der Waals surface area contributed by atoms with Crippen molar-refractivity contribution in [1.29, 1.82) is 0 Å². The summed E-state index contributed by atoms with van der Waals surface area (Å²) < 4.78 is 15.9. The number of nitro benzene ring substituents is 1. The molecule has 0 aliphatic carbocycles. The van der Waals surface area contributed by atoms with E-state index in [4.69, 9.17) is 0 Å². The number of amides is 1. The van der Waals surface area contributed by atoms with Gasteiger partial charge in [0.15, 0.2) is 0 Å². The van der Waals surface area contributed by atoms with Crippen molar-refractivity contribution in [1.82, 2.24) is 9.99 Å². The van der Waals surface area contributed by atoms with Crippen LogP contribution in [0.3, 0.4) is 0 Å². The highest BCUT2D eigenvalue weighted by atomic mass is 19.1. The molecule has 8 heteroatoms. The van der Waals surface area contributed by atoms with Crippen LogP contribution in [-0.2, 0) is 0 Å². The van der Waals surface area contributed by atoms with Crippen LogP contribution in [0.4, 0.5) is 10.1 Å². The number of halogens is 1. The first kappa shape index (κ1) is 19.0. The molecule has 3 rings (SSSR count). The molecule has 142 valence electrons. The molecule has 3 aromatic rings. The number of hydrazone groups is 1. The lowest BCUT2D eigenvalue weighted by Crippen LogP contribution is -2.17. The third kappa shape index (κ3) is 3.80. The second-order valence-electron chi connectivity index (χ2n) is 6.12. The number of para-hydroxylation sites is 1. The molecule has 0 spiro atoms. The minimum atomic E-state index is -0.537. The Bertz CT molecular complexity index is 1070. The summed E-state index contributed by atoms with van der Waals surface area (Å²) in [7, 11) is 0. The van der Waals surface area contributed by atoms with Crippen LogP contribution < -0.4 is 5.43 Å². The van der Waals surface area contributed by atoms with E-state index >= 15 is 0 Å². The predicted molar refractivity (Wildman–Crippen MR) is 103 cm³/mol. The van der Waals surface area contributed by atoms with Crippen LogP contribution in [-0.4, -0.2) is 21.6 Å². The Labute approximate surface area is 160 Å². The standard InChI is InChI=1S/C20H17FN4O3/c1-13-11-16(14(2)24(13)19-6-4-3-5-18(19)21)12-22-23-20(26)15-7-9-17(10-8-15)25(27)28/h3-12H,1-2H3,(H,23,26)/b22-12-. The van der Waals surface area contributed by atoms with Crippen LogP contribution in [0.2, 0.25) is 0 Å². The molecule has 0 unspecified atom stereocenters. The van der Waals surface area contributed by atoms with E-state index in [9.17, 15) is 19.3 Å². The van der Waals surface area contributed by atoms with Crippen molar-refractivity contribution < 1.29 is 14.1 Å². The zero-order chi connectivity index (χ0) is 20.3. The number of carbonyl (C=O) groups is 1. The van der Waals surface area contributed by atoms with Gasteiger partial charge in [0.25, 0.3) is 11.6 Å². The Hall–Kier alpha value is -3.81. The quantitative estimate of drug-likeness (QED) is 0.413.